The Hall–Kier alpha value is -1.67. The summed E-state index contributed by atoms with van der Waals surface area (Å²) in [5.74, 6) is 0.632. The number of fused-ring (bicyclic) bond motifs is 5. The summed E-state index contributed by atoms with van der Waals surface area (Å²) in [4.78, 5) is 23.0. The summed E-state index contributed by atoms with van der Waals surface area (Å²) in [6.45, 7) is 2.29. The highest BCUT2D eigenvalue weighted by atomic mass is 32.2. The predicted molar refractivity (Wildman–Crippen MR) is 90.1 cm³/mol. The second-order valence-electron chi connectivity index (χ2n) is 5.79. The van der Waals surface area contributed by atoms with Gasteiger partial charge in [0.25, 0.3) is 0 Å². The van der Waals surface area contributed by atoms with Gasteiger partial charge in [-0.05, 0) is 30.7 Å². The second-order valence-corrected chi connectivity index (χ2v) is 7.81. The van der Waals surface area contributed by atoms with Crippen LogP contribution in [0.5, 0.6) is 0 Å². The molecule has 0 bridgehead atoms. The van der Waals surface area contributed by atoms with Crippen LogP contribution in [0, 0.1) is 5.92 Å². The molecule has 120 valence electrons. The van der Waals surface area contributed by atoms with Gasteiger partial charge in [0.15, 0.2) is 10.8 Å². The Kier molecular flexibility index (Phi) is 3.73. The van der Waals surface area contributed by atoms with Crippen molar-refractivity contribution in [1.29, 1.82) is 0 Å². The fourth-order valence-electron chi connectivity index (χ4n) is 3.01. The van der Waals surface area contributed by atoms with Gasteiger partial charge in [0, 0.05) is 4.88 Å². The molecule has 0 amide bonds. The van der Waals surface area contributed by atoms with E-state index in [0.717, 1.165) is 28.7 Å². The van der Waals surface area contributed by atoms with Crippen molar-refractivity contribution in [3.05, 3.63) is 16.8 Å². The molecule has 0 aliphatic heterocycles. The first kappa shape index (κ1) is 14.9. The van der Waals surface area contributed by atoms with E-state index in [4.69, 9.17) is 9.72 Å². The van der Waals surface area contributed by atoms with Gasteiger partial charge in [-0.3, -0.25) is 4.79 Å². The molecule has 0 saturated heterocycles. The normalized spacial score (nSPS) is 17.6. The van der Waals surface area contributed by atoms with Crippen molar-refractivity contribution >= 4 is 44.9 Å². The van der Waals surface area contributed by atoms with Gasteiger partial charge in [-0.15, -0.1) is 11.3 Å². The van der Waals surface area contributed by atoms with Gasteiger partial charge in [-0.1, -0.05) is 18.7 Å². The second kappa shape index (κ2) is 5.76. The zero-order valence-electron chi connectivity index (χ0n) is 12.9. The summed E-state index contributed by atoms with van der Waals surface area (Å²) in [6.07, 6.45) is 4.97. The number of thiophene rings is 1. The number of carbonyl (C=O) groups excluding carboxylic acids is 1. The highest BCUT2D eigenvalue weighted by molar-refractivity contribution is 7.99. The first-order chi connectivity index (χ1) is 11.2. The summed E-state index contributed by atoms with van der Waals surface area (Å²) in [5.41, 5.74) is 2.23. The number of aromatic nitrogens is 4. The number of carbonyl (C=O) groups is 1. The molecule has 0 unspecified atom stereocenters. The predicted octanol–water partition coefficient (Wildman–Crippen LogP) is 2.73. The van der Waals surface area contributed by atoms with Crippen molar-refractivity contribution in [3.63, 3.8) is 0 Å². The number of rotatable bonds is 3. The molecule has 0 spiro atoms. The average Bonchev–Trinajstić information content (AvgIpc) is 3.15. The van der Waals surface area contributed by atoms with E-state index >= 15 is 0 Å². The topological polar surface area (TPSA) is 69.4 Å². The third kappa shape index (κ3) is 2.49. The zero-order valence-corrected chi connectivity index (χ0v) is 14.5. The van der Waals surface area contributed by atoms with E-state index in [1.165, 1.54) is 35.7 Å². The van der Waals surface area contributed by atoms with Gasteiger partial charge in [0.2, 0.25) is 0 Å². The van der Waals surface area contributed by atoms with Crippen molar-refractivity contribution in [2.75, 3.05) is 12.9 Å². The van der Waals surface area contributed by atoms with Crippen LogP contribution in [-0.4, -0.2) is 38.4 Å². The molecule has 0 saturated carbocycles. The van der Waals surface area contributed by atoms with Crippen LogP contribution < -0.4 is 0 Å². The summed E-state index contributed by atoms with van der Waals surface area (Å²) in [5, 5.41) is 6.11. The van der Waals surface area contributed by atoms with E-state index in [1.54, 1.807) is 22.2 Å². The van der Waals surface area contributed by atoms with Crippen LogP contribution in [0.25, 0.3) is 15.9 Å². The molecule has 3 heterocycles. The molecule has 1 aliphatic carbocycles. The maximum atomic E-state index is 11.4. The van der Waals surface area contributed by atoms with Crippen LogP contribution in [0.1, 0.15) is 23.8 Å². The Bertz CT molecular complexity index is 902. The third-order valence-electron chi connectivity index (χ3n) is 4.19. The third-order valence-corrected chi connectivity index (χ3v) is 6.27. The SMILES string of the molecule is COC(=O)CSc1nc2sc3c(c2c2ncnn12)C[C@H](C)CC3. The number of nitrogens with zero attached hydrogens (tertiary/aromatic N) is 4. The lowest BCUT2D eigenvalue weighted by molar-refractivity contribution is -0.137. The van der Waals surface area contributed by atoms with Crippen molar-refractivity contribution in [2.45, 2.75) is 31.3 Å². The van der Waals surface area contributed by atoms with Crippen LogP contribution in [0.15, 0.2) is 11.5 Å². The molecule has 4 rings (SSSR count). The van der Waals surface area contributed by atoms with Crippen LogP contribution >= 0.6 is 23.1 Å². The van der Waals surface area contributed by atoms with E-state index in [1.807, 2.05) is 0 Å². The summed E-state index contributed by atoms with van der Waals surface area (Å²) in [7, 11) is 1.39. The number of methoxy groups -OCH3 is 1. The van der Waals surface area contributed by atoms with Gasteiger partial charge < -0.3 is 4.74 Å². The Morgan fingerprint density at radius 2 is 2.43 bits per heavy atom. The standard InChI is InChI=1S/C15H16N4O2S2/c1-8-3-4-10-9(5-8)12-13-16-7-17-19(13)15(18-14(12)23-10)22-6-11(20)21-2/h7-8H,3-6H2,1-2H3/t8-/m1/s1. The number of hydrogen-bond donors (Lipinski definition) is 0. The minimum absolute atomic E-state index is 0.214. The zero-order chi connectivity index (χ0) is 16.0. The Morgan fingerprint density at radius 1 is 1.57 bits per heavy atom. The molecule has 0 aromatic carbocycles. The number of ether oxygens (including phenoxy) is 1. The number of hydrogen-bond acceptors (Lipinski definition) is 7. The van der Waals surface area contributed by atoms with Crippen LogP contribution in [0.4, 0.5) is 0 Å². The van der Waals surface area contributed by atoms with Gasteiger partial charge >= 0.3 is 5.97 Å². The van der Waals surface area contributed by atoms with Gasteiger partial charge in [0.05, 0.1) is 18.2 Å². The average molecular weight is 348 g/mol. The number of thioether (sulfide) groups is 1. The highest BCUT2D eigenvalue weighted by Crippen LogP contribution is 2.39. The molecule has 6 nitrogen and oxygen atoms in total. The lowest BCUT2D eigenvalue weighted by atomic mass is 9.89. The van der Waals surface area contributed by atoms with E-state index in [2.05, 4.69) is 17.0 Å². The minimum Gasteiger partial charge on any atom is -0.468 e. The smallest absolute Gasteiger partial charge is 0.316 e. The molecule has 3 aromatic rings. The Balaban J connectivity index is 1.86. The minimum atomic E-state index is -0.274. The molecule has 1 aliphatic rings. The van der Waals surface area contributed by atoms with Crippen LogP contribution in [0.2, 0.25) is 0 Å². The molecule has 0 fully saturated rings. The van der Waals surface area contributed by atoms with E-state index in [-0.39, 0.29) is 11.7 Å². The van der Waals surface area contributed by atoms with Crippen molar-refractivity contribution in [2.24, 2.45) is 5.92 Å². The molecular formula is C15H16N4O2S2. The van der Waals surface area contributed by atoms with Gasteiger partial charge in [0.1, 0.15) is 11.2 Å². The van der Waals surface area contributed by atoms with Crippen LogP contribution in [0.3, 0.4) is 0 Å². The van der Waals surface area contributed by atoms with E-state index in [9.17, 15) is 4.79 Å². The van der Waals surface area contributed by atoms with Crippen LogP contribution in [-0.2, 0) is 22.4 Å². The highest BCUT2D eigenvalue weighted by Gasteiger charge is 2.24. The molecule has 0 N–H and O–H groups in total. The fraction of sp³-hybridized carbons (Fsp3) is 0.467. The van der Waals surface area contributed by atoms with Crippen molar-refractivity contribution in [3.8, 4) is 0 Å². The van der Waals surface area contributed by atoms with Crippen molar-refractivity contribution < 1.29 is 9.53 Å². The summed E-state index contributed by atoms with van der Waals surface area (Å²) >= 11 is 3.08. The van der Waals surface area contributed by atoms with E-state index < -0.39 is 0 Å². The van der Waals surface area contributed by atoms with Gasteiger partial charge in [-0.2, -0.15) is 9.61 Å². The quantitative estimate of drug-likeness (QED) is 0.412. The first-order valence-corrected chi connectivity index (χ1v) is 9.31. The lowest BCUT2D eigenvalue weighted by Gasteiger charge is -2.17. The molecule has 23 heavy (non-hydrogen) atoms. The molecule has 0 radical (unpaired) electrons. The molecular weight excluding hydrogens is 332 g/mol. The molecule has 8 heteroatoms. The molecule has 3 aromatic heterocycles. The largest absolute Gasteiger partial charge is 0.468 e. The van der Waals surface area contributed by atoms with Gasteiger partial charge in [-0.25, -0.2) is 9.97 Å². The Morgan fingerprint density at radius 3 is 3.26 bits per heavy atom. The summed E-state index contributed by atoms with van der Waals surface area (Å²) < 4.78 is 6.44. The number of esters is 1. The monoisotopic (exact) mass is 348 g/mol. The Labute approximate surface area is 141 Å². The maximum Gasteiger partial charge on any atom is 0.316 e. The summed E-state index contributed by atoms with van der Waals surface area (Å²) in [6, 6.07) is 0. The van der Waals surface area contributed by atoms with E-state index in [0.29, 0.717) is 11.1 Å². The van der Waals surface area contributed by atoms with Crippen molar-refractivity contribution in [1.82, 2.24) is 19.6 Å². The molecule has 1 atom stereocenters. The first-order valence-electron chi connectivity index (χ1n) is 7.51. The fourth-order valence-corrected chi connectivity index (χ4v) is 5.06. The number of aryl methyl sites for hydroxylation is 1. The maximum absolute atomic E-state index is 11.4. The lowest BCUT2D eigenvalue weighted by Crippen LogP contribution is -2.09.